The number of nitrogens with one attached hydrogen (secondary N) is 1. The summed E-state index contributed by atoms with van der Waals surface area (Å²) >= 11 is 1.51. The maximum absolute atomic E-state index is 9.13. The van der Waals surface area contributed by atoms with Gasteiger partial charge >= 0.3 is 0 Å². The van der Waals surface area contributed by atoms with Crippen LogP contribution in [0.1, 0.15) is 13.8 Å². The van der Waals surface area contributed by atoms with Crippen LogP contribution < -0.4 is 11.1 Å². The molecule has 0 bridgehead atoms. The first kappa shape index (κ1) is 12.9. The minimum Gasteiger partial charge on any atom is -0.378 e. The van der Waals surface area contributed by atoms with Gasteiger partial charge in [-0.1, -0.05) is 18.7 Å². The maximum Gasteiger partial charge on any atom is 0.159 e. The normalized spacial score (nSPS) is 13.6. The van der Waals surface area contributed by atoms with Crippen LogP contribution >= 0.6 is 11.8 Å². The third-order valence-corrected chi connectivity index (χ3v) is 2.45. The Morgan fingerprint density at radius 3 is 2.62 bits per heavy atom. The van der Waals surface area contributed by atoms with Gasteiger partial charge < -0.3 is 16.2 Å². The van der Waals surface area contributed by atoms with Gasteiger partial charge in [0.1, 0.15) is 6.23 Å². The number of nitrogens with two attached hydrogens (primary N) is 1. The molecule has 1 atom stereocenters. The molecule has 4 nitrogen and oxygen atoms in total. The van der Waals surface area contributed by atoms with Crippen LogP contribution in [0.5, 0.6) is 0 Å². The van der Waals surface area contributed by atoms with Gasteiger partial charge in [0.15, 0.2) is 5.17 Å². The standard InChI is InChI=1S/C11H17N3OS/c1-3-16-11(12)14-10-6-4-9(5-7-10)13-8(2)15/h4-8,13,15H,3H2,1-2H3,(H2,12,14). The van der Waals surface area contributed by atoms with Crippen molar-refractivity contribution in [2.75, 3.05) is 11.1 Å². The van der Waals surface area contributed by atoms with E-state index in [0.717, 1.165) is 17.1 Å². The minimum absolute atomic E-state index is 0.560. The predicted octanol–water partition coefficient (Wildman–Crippen LogP) is 2.14. The van der Waals surface area contributed by atoms with Crippen LogP contribution in [0.15, 0.2) is 29.3 Å². The van der Waals surface area contributed by atoms with Crippen LogP contribution in [0.25, 0.3) is 0 Å². The smallest absolute Gasteiger partial charge is 0.159 e. The average molecular weight is 239 g/mol. The van der Waals surface area contributed by atoms with Crippen molar-refractivity contribution in [1.82, 2.24) is 0 Å². The molecular weight excluding hydrogens is 222 g/mol. The number of nitrogens with zero attached hydrogens (tertiary/aromatic N) is 1. The fourth-order valence-electron chi connectivity index (χ4n) is 1.18. The summed E-state index contributed by atoms with van der Waals surface area (Å²) in [4.78, 5) is 4.24. The van der Waals surface area contributed by atoms with Crippen LogP contribution in [0.2, 0.25) is 0 Å². The van der Waals surface area contributed by atoms with E-state index in [-0.39, 0.29) is 0 Å². The Kier molecular flexibility index (Phi) is 5.14. The van der Waals surface area contributed by atoms with E-state index in [1.165, 1.54) is 11.8 Å². The maximum atomic E-state index is 9.13. The Labute approximate surface area is 100.0 Å². The summed E-state index contributed by atoms with van der Waals surface area (Å²) in [7, 11) is 0. The Morgan fingerprint density at radius 1 is 1.50 bits per heavy atom. The van der Waals surface area contributed by atoms with Crippen molar-refractivity contribution in [3.8, 4) is 0 Å². The van der Waals surface area contributed by atoms with Crippen LogP contribution in [0.3, 0.4) is 0 Å². The van der Waals surface area contributed by atoms with Crippen LogP contribution in [0, 0.1) is 0 Å². The Balaban J connectivity index is 2.67. The van der Waals surface area contributed by atoms with Gasteiger partial charge in [0.2, 0.25) is 0 Å². The van der Waals surface area contributed by atoms with Crippen molar-refractivity contribution < 1.29 is 5.11 Å². The molecule has 1 aromatic carbocycles. The number of amidine groups is 1. The van der Waals surface area contributed by atoms with Gasteiger partial charge in [-0.15, -0.1) is 0 Å². The quantitative estimate of drug-likeness (QED) is 0.427. The van der Waals surface area contributed by atoms with E-state index in [1.807, 2.05) is 31.2 Å². The number of aliphatic hydroxyl groups is 1. The third kappa shape index (κ3) is 4.55. The second-order valence-electron chi connectivity index (χ2n) is 3.25. The lowest BCUT2D eigenvalue weighted by Gasteiger charge is -2.08. The van der Waals surface area contributed by atoms with Gasteiger partial charge in [0.25, 0.3) is 0 Å². The van der Waals surface area contributed by atoms with E-state index in [4.69, 9.17) is 10.8 Å². The fraction of sp³-hybridized carbons (Fsp3) is 0.364. The highest BCUT2D eigenvalue weighted by Crippen LogP contribution is 2.17. The van der Waals surface area contributed by atoms with Crippen molar-refractivity contribution in [3.63, 3.8) is 0 Å². The molecule has 5 heteroatoms. The second-order valence-corrected chi connectivity index (χ2v) is 4.53. The summed E-state index contributed by atoms with van der Waals surface area (Å²) in [5.74, 6) is 0.914. The highest BCUT2D eigenvalue weighted by Gasteiger charge is 1.97. The van der Waals surface area contributed by atoms with Gasteiger partial charge in [-0.2, -0.15) is 0 Å². The Morgan fingerprint density at radius 2 is 2.12 bits per heavy atom. The van der Waals surface area contributed by atoms with E-state index in [2.05, 4.69) is 10.3 Å². The molecule has 0 aliphatic carbocycles. The number of rotatable bonds is 4. The molecule has 1 rings (SSSR count). The van der Waals surface area contributed by atoms with Crippen molar-refractivity contribution >= 4 is 28.3 Å². The number of hydrogen-bond acceptors (Lipinski definition) is 4. The summed E-state index contributed by atoms with van der Waals surface area (Å²) < 4.78 is 0. The molecule has 0 radical (unpaired) electrons. The molecule has 0 amide bonds. The first-order valence-electron chi connectivity index (χ1n) is 5.13. The third-order valence-electron chi connectivity index (χ3n) is 1.77. The molecule has 88 valence electrons. The summed E-state index contributed by atoms with van der Waals surface area (Å²) in [6, 6.07) is 7.42. The number of anilines is 1. The number of aliphatic imine (C=N–C) groups is 1. The van der Waals surface area contributed by atoms with Crippen molar-refractivity contribution in [1.29, 1.82) is 0 Å². The molecule has 16 heavy (non-hydrogen) atoms. The van der Waals surface area contributed by atoms with Gasteiger partial charge in [0.05, 0.1) is 5.69 Å². The summed E-state index contributed by atoms with van der Waals surface area (Å²) in [5.41, 5.74) is 7.36. The molecular formula is C11H17N3OS. The molecule has 0 aromatic heterocycles. The molecule has 1 unspecified atom stereocenters. The van der Waals surface area contributed by atoms with Crippen molar-refractivity contribution in [2.24, 2.45) is 10.7 Å². The highest BCUT2D eigenvalue weighted by atomic mass is 32.2. The lowest BCUT2D eigenvalue weighted by Crippen LogP contribution is -2.12. The van der Waals surface area contributed by atoms with Gasteiger partial charge in [-0.25, -0.2) is 4.99 Å². The van der Waals surface area contributed by atoms with Crippen molar-refractivity contribution in [3.05, 3.63) is 24.3 Å². The van der Waals surface area contributed by atoms with Gasteiger partial charge in [-0.05, 0) is 36.9 Å². The first-order chi connectivity index (χ1) is 7.61. The monoisotopic (exact) mass is 239 g/mol. The number of thioether (sulfide) groups is 1. The van der Waals surface area contributed by atoms with Crippen LogP contribution in [-0.4, -0.2) is 22.3 Å². The number of hydrogen-bond donors (Lipinski definition) is 3. The zero-order chi connectivity index (χ0) is 12.0. The first-order valence-corrected chi connectivity index (χ1v) is 6.12. The van der Waals surface area contributed by atoms with E-state index < -0.39 is 6.23 Å². The molecule has 0 spiro atoms. The zero-order valence-corrected chi connectivity index (χ0v) is 10.3. The topological polar surface area (TPSA) is 70.6 Å². The SMILES string of the molecule is CCSC(N)=Nc1ccc(NC(C)O)cc1. The molecule has 0 fully saturated rings. The zero-order valence-electron chi connectivity index (χ0n) is 9.47. The molecule has 0 aliphatic rings. The molecule has 4 N–H and O–H groups in total. The minimum atomic E-state index is -0.560. The van der Waals surface area contributed by atoms with E-state index >= 15 is 0 Å². The summed E-state index contributed by atoms with van der Waals surface area (Å²) in [6.07, 6.45) is -0.560. The average Bonchev–Trinajstić information content (AvgIpc) is 2.20. The summed E-state index contributed by atoms with van der Waals surface area (Å²) in [6.45, 7) is 3.70. The van der Waals surface area contributed by atoms with Gasteiger partial charge in [0, 0.05) is 5.69 Å². The van der Waals surface area contributed by atoms with Crippen molar-refractivity contribution in [2.45, 2.75) is 20.1 Å². The molecule has 0 heterocycles. The molecule has 0 saturated heterocycles. The highest BCUT2D eigenvalue weighted by molar-refractivity contribution is 8.13. The Hall–Kier alpha value is -1.20. The Bertz CT molecular complexity index is 349. The number of benzene rings is 1. The largest absolute Gasteiger partial charge is 0.378 e. The van der Waals surface area contributed by atoms with Crippen LogP contribution in [0.4, 0.5) is 11.4 Å². The predicted molar refractivity (Wildman–Crippen MR) is 71.2 cm³/mol. The van der Waals surface area contributed by atoms with Gasteiger partial charge in [-0.3, -0.25) is 0 Å². The van der Waals surface area contributed by atoms with Crippen LogP contribution in [-0.2, 0) is 0 Å². The second kappa shape index (κ2) is 6.40. The lowest BCUT2D eigenvalue weighted by molar-refractivity contribution is 0.224. The van der Waals surface area contributed by atoms with E-state index in [9.17, 15) is 0 Å². The molecule has 1 aromatic rings. The molecule has 0 saturated carbocycles. The lowest BCUT2D eigenvalue weighted by atomic mass is 10.3. The number of aliphatic hydroxyl groups excluding tert-OH is 1. The molecule has 0 aliphatic heterocycles. The van der Waals surface area contributed by atoms with E-state index in [1.54, 1.807) is 6.92 Å². The fourth-order valence-corrected chi connectivity index (χ4v) is 1.65. The summed E-state index contributed by atoms with van der Waals surface area (Å²) in [5, 5.41) is 12.6. The van der Waals surface area contributed by atoms with E-state index in [0.29, 0.717) is 5.17 Å².